The van der Waals surface area contributed by atoms with Crippen molar-refractivity contribution in [3.63, 3.8) is 0 Å². The van der Waals surface area contributed by atoms with Crippen LogP contribution in [0.15, 0.2) is 144 Å². The van der Waals surface area contributed by atoms with Crippen LogP contribution in [0.5, 0.6) is 0 Å². The fourth-order valence-electron chi connectivity index (χ4n) is 7.70. The van der Waals surface area contributed by atoms with E-state index in [2.05, 4.69) is 146 Å². The fraction of sp³-hybridized carbons (Fsp3) is 0.0698. The summed E-state index contributed by atoms with van der Waals surface area (Å²) in [5.41, 5.74) is 12.8. The summed E-state index contributed by atoms with van der Waals surface area (Å²) in [4.78, 5) is 10.6. The molecule has 222 valence electrons. The summed E-state index contributed by atoms with van der Waals surface area (Å²) in [6, 6.07) is 49.2. The molecule has 0 aliphatic heterocycles. The Morgan fingerprint density at radius 2 is 1.28 bits per heavy atom. The van der Waals surface area contributed by atoms with Crippen molar-refractivity contribution in [2.75, 3.05) is 0 Å². The van der Waals surface area contributed by atoms with Gasteiger partial charge in [-0.15, -0.1) is 0 Å². The molecule has 0 saturated heterocycles. The average molecular weight is 604 g/mol. The molecule has 0 fully saturated rings. The van der Waals surface area contributed by atoms with Crippen LogP contribution in [0.25, 0.3) is 83.2 Å². The van der Waals surface area contributed by atoms with Gasteiger partial charge in [0.15, 0.2) is 5.82 Å². The van der Waals surface area contributed by atoms with Crippen molar-refractivity contribution in [3.05, 3.63) is 151 Å². The van der Waals surface area contributed by atoms with E-state index in [9.17, 15) is 0 Å². The van der Waals surface area contributed by atoms with E-state index < -0.39 is 0 Å². The van der Waals surface area contributed by atoms with Crippen molar-refractivity contribution >= 4 is 43.7 Å². The van der Waals surface area contributed by atoms with Gasteiger partial charge < -0.3 is 8.98 Å². The summed E-state index contributed by atoms with van der Waals surface area (Å²) in [6.07, 6.45) is 0. The number of benzene rings is 6. The van der Waals surface area contributed by atoms with Crippen LogP contribution in [-0.2, 0) is 5.41 Å². The molecular weight excluding hydrogens is 574 g/mol. The second kappa shape index (κ2) is 9.51. The molecule has 0 saturated carbocycles. The fourth-order valence-corrected chi connectivity index (χ4v) is 7.70. The van der Waals surface area contributed by atoms with Crippen LogP contribution < -0.4 is 0 Å². The number of aromatic nitrogens is 3. The lowest BCUT2D eigenvalue weighted by atomic mass is 9.85. The standard InChI is InChI=1S/C43H29N3O/c1-43(2)34-17-9-6-16-31(34)39-40(26-12-4-3-5-13-26)44-42(45-41(39)43)27-20-22-28(23-21-27)46-35-18-10-7-14-29(35)32-25-38-33(24-36(32)46)30-15-8-11-19-37(30)47-38/h3-25H,1-2H3. The molecule has 1 aliphatic carbocycles. The largest absolute Gasteiger partial charge is 0.456 e. The zero-order valence-electron chi connectivity index (χ0n) is 26.0. The molecule has 1 aliphatic rings. The molecule has 0 N–H and O–H groups in total. The van der Waals surface area contributed by atoms with Crippen LogP contribution in [0.3, 0.4) is 0 Å². The SMILES string of the molecule is CC1(C)c2ccccc2-c2c(-c3ccccc3)nc(-c3ccc(-n4c5ccccc5c5cc6oc7ccccc7c6cc54)cc3)nc21. The maximum Gasteiger partial charge on any atom is 0.160 e. The van der Waals surface area contributed by atoms with Gasteiger partial charge >= 0.3 is 0 Å². The quantitative estimate of drug-likeness (QED) is 0.202. The van der Waals surface area contributed by atoms with Crippen molar-refractivity contribution in [2.45, 2.75) is 19.3 Å². The summed E-state index contributed by atoms with van der Waals surface area (Å²) < 4.78 is 8.63. The lowest BCUT2D eigenvalue weighted by molar-refractivity contribution is 0.636. The van der Waals surface area contributed by atoms with Crippen LogP contribution >= 0.6 is 0 Å². The average Bonchev–Trinajstić information content (AvgIpc) is 3.72. The summed E-state index contributed by atoms with van der Waals surface area (Å²) in [7, 11) is 0. The monoisotopic (exact) mass is 603 g/mol. The maximum atomic E-state index is 6.27. The molecule has 4 heteroatoms. The Labute approximate surface area is 271 Å². The van der Waals surface area contributed by atoms with Gasteiger partial charge in [0.1, 0.15) is 11.2 Å². The van der Waals surface area contributed by atoms with Crippen molar-refractivity contribution in [3.8, 4) is 39.5 Å². The normalized spacial score (nSPS) is 13.5. The Morgan fingerprint density at radius 1 is 0.553 bits per heavy atom. The maximum absolute atomic E-state index is 6.27. The molecule has 47 heavy (non-hydrogen) atoms. The number of hydrogen-bond acceptors (Lipinski definition) is 3. The Bertz CT molecular complexity index is 2700. The predicted molar refractivity (Wildman–Crippen MR) is 192 cm³/mol. The zero-order chi connectivity index (χ0) is 31.3. The highest BCUT2D eigenvalue weighted by atomic mass is 16.3. The molecule has 6 aromatic carbocycles. The first-order chi connectivity index (χ1) is 23.1. The van der Waals surface area contributed by atoms with E-state index in [0.29, 0.717) is 0 Å². The van der Waals surface area contributed by atoms with E-state index in [1.165, 1.54) is 21.9 Å². The van der Waals surface area contributed by atoms with Crippen LogP contribution in [0.2, 0.25) is 0 Å². The van der Waals surface area contributed by atoms with Gasteiger partial charge in [0.05, 0.1) is 22.4 Å². The van der Waals surface area contributed by atoms with Crippen LogP contribution in [-0.4, -0.2) is 14.5 Å². The summed E-state index contributed by atoms with van der Waals surface area (Å²) in [5, 5.41) is 4.62. The molecule has 0 radical (unpaired) electrons. The number of hydrogen-bond donors (Lipinski definition) is 0. The van der Waals surface area contributed by atoms with Gasteiger partial charge in [0.2, 0.25) is 0 Å². The Morgan fingerprint density at radius 3 is 2.13 bits per heavy atom. The highest BCUT2D eigenvalue weighted by molar-refractivity contribution is 6.17. The molecule has 0 bridgehead atoms. The van der Waals surface area contributed by atoms with E-state index in [1.54, 1.807) is 0 Å². The first kappa shape index (κ1) is 26.2. The van der Waals surface area contributed by atoms with Gasteiger partial charge in [-0.2, -0.15) is 0 Å². The van der Waals surface area contributed by atoms with E-state index in [-0.39, 0.29) is 5.41 Å². The van der Waals surface area contributed by atoms with E-state index in [1.807, 2.05) is 12.1 Å². The van der Waals surface area contributed by atoms with Crippen molar-refractivity contribution in [2.24, 2.45) is 0 Å². The van der Waals surface area contributed by atoms with E-state index in [4.69, 9.17) is 14.4 Å². The van der Waals surface area contributed by atoms with E-state index >= 15 is 0 Å². The molecule has 9 aromatic rings. The molecule has 3 aromatic heterocycles. The Hall–Kier alpha value is -6.00. The van der Waals surface area contributed by atoms with Crippen molar-refractivity contribution < 1.29 is 4.42 Å². The van der Waals surface area contributed by atoms with Gasteiger partial charge in [-0.25, -0.2) is 9.97 Å². The van der Waals surface area contributed by atoms with Crippen LogP contribution in [0, 0.1) is 0 Å². The van der Waals surface area contributed by atoms with Crippen molar-refractivity contribution in [1.29, 1.82) is 0 Å². The van der Waals surface area contributed by atoms with Gasteiger partial charge in [-0.1, -0.05) is 105 Å². The molecule has 0 spiro atoms. The minimum atomic E-state index is -0.237. The first-order valence-corrected chi connectivity index (χ1v) is 16.1. The van der Waals surface area contributed by atoms with Gasteiger partial charge in [0, 0.05) is 49.3 Å². The third kappa shape index (κ3) is 3.70. The lowest BCUT2D eigenvalue weighted by Gasteiger charge is -2.21. The molecule has 4 nitrogen and oxygen atoms in total. The molecule has 3 heterocycles. The highest BCUT2D eigenvalue weighted by Gasteiger charge is 2.39. The van der Waals surface area contributed by atoms with Gasteiger partial charge in [-0.3, -0.25) is 0 Å². The second-order valence-electron chi connectivity index (χ2n) is 13.0. The second-order valence-corrected chi connectivity index (χ2v) is 13.0. The van der Waals surface area contributed by atoms with Gasteiger partial charge in [0.25, 0.3) is 0 Å². The zero-order valence-corrected chi connectivity index (χ0v) is 26.0. The molecule has 0 unspecified atom stereocenters. The summed E-state index contributed by atoms with van der Waals surface area (Å²) in [6.45, 7) is 4.55. The summed E-state index contributed by atoms with van der Waals surface area (Å²) in [5.74, 6) is 0.740. The van der Waals surface area contributed by atoms with Crippen LogP contribution in [0.4, 0.5) is 0 Å². The number of fused-ring (bicyclic) bond motifs is 9. The number of para-hydroxylation sites is 2. The molecular formula is C43H29N3O. The van der Waals surface area contributed by atoms with E-state index in [0.717, 1.165) is 72.6 Å². The minimum Gasteiger partial charge on any atom is -0.456 e. The number of nitrogens with zero attached hydrogens (tertiary/aromatic N) is 3. The predicted octanol–water partition coefficient (Wildman–Crippen LogP) is 11.1. The molecule has 0 amide bonds. The number of rotatable bonds is 3. The Balaban J connectivity index is 1.16. The molecule has 0 atom stereocenters. The number of furan rings is 1. The van der Waals surface area contributed by atoms with Crippen molar-refractivity contribution in [1.82, 2.24) is 14.5 Å². The van der Waals surface area contributed by atoms with Crippen LogP contribution in [0.1, 0.15) is 25.1 Å². The first-order valence-electron chi connectivity index (χ1n) is 16.1. The minimum absolute atomic E-state index is 0.237. The molecule has 10 rings (SSSR count). The Kier molecular flexibility index (Phi) is 5.31. The smallest absolute Gasteiger partial charge is 0.160 e. The topological polar surface area (TPSA) is 43.9 Å². The lowest BCUT2D eigenvalue weighted by Crippen LogP contribution is -2.17. The highest BCUT2D eigenvalue weighted by Crippen LogP contribution is 2.51. The van der Waals surface area contributed by atoms with Gasteiger partial charge in [-0.05, 0) is 59.7 Å². The third-order valence-corrected chi connectivity index (χ3v) is 9.97. The summed E-state index contributed by atoms with van der Waals surface area (Å²) >= 11 is 0. The third-order valence-electron chi connectivity index (χ3n) is 9.97.